The SMILES string of the molecule is O=Cc1c(-c2ncccc2C(=O)S)ccc(Cl)c1Cl. The first-order valence-corrected chi connectivity index (χ1v) is 6.38. The van der Waals surface area contributed by atoms with Crippen LogP contribution in [0.25, 0.3) is 11.3 Å². The van der Waals surface area contributed by atoms with Crippen LogP contribution < -0.4 is 0 Å². The fourth-order valence-electron chi connectivity index (χ4n) is 1.68. The molecule has 0 radical (unpaired) electrons. The Hall–Kier alpha value is -1.36. The fourth-order valence-corrected chi connectivity index (χ4v) is 2.24. The van der Waals surface area contributed by atoms with E-state index in [9.17, 15) is 9.59 Å². The molecule has 96 valence electrons. The third kappa shape index (κ3) is 2.66. The Morgan fingerprint density at radius 3 is 2.63 bits per heavy atom. The van der Waals surface area contributed by atoms with Crippen LogP contribution in [0.4, 0.5) is 0 Å². The predicted molar refractivity (Wildman–Crippen MR) is 78.4 cm³/mol. The molecule has 6 heteroatoms. The van der Waals surface area contributed by atoms with Gasteiger partial charge in [-0.2, -0.15) is 0 Å². The molecule has 19 heavy (non-hydrogen) atoms. The number of carbonyl (C=O) groups excluding carboxylic acids is 2. The maximum absolute atomic E-state index is 11.5. The zero-order valence-corrected chi connectivity index (χ0v) is 11.8. The number of carbonyl (C=O) groups is 2. The number of pyridine rings is 1. The lowest BCUT2D eigenvalue weighted by Crippen LogP contribution is -1.99. The molecule has 0 amide bonds. The molecule has 1 heterocycles. The Morgan fingerprint density at radius 2 is 2.00 bits per heavy atom. The van der Waals surface area contributed by atoms with E-state index in [2.05, 4.69) is 17.6 Å². The minimum Gasteiger partial charge on any atom is -0.298 e. The van der Waals surface area contributed by atoms with Crippen molar-refractivity contribution >= 4 is 47.2 Å². The van der Waals surface area contributed by atoms with Crippen LogP contribution in [0.15, 0.2) is 30.5 Å². The Labute approximate surface area is 125 Å². The van der Waals surface area contributed by atoms with Crippen molar-refractivity contribution in [3.8, 4) is 11.3 Å². The number of hydrogen-bond acceptors (Lipinski definition) is 3. The molecular weight excluding hydrogens is 305 g/mol. The number of thiol groups is 1. The van der Waals surface area contributed by atoms with E-state index in [1.165, 1.54) is 6.20 Å². The normalized spacial score (nSPS) is 10.3. The Morgan fingerprint density at radius 1 is 1.26 bits per heavy atom. The van der Waals surface area contributed by atoms with Gasteiger partial charge < -0.3 is 0 Å². The molecule has 3 nitrogen and oxygen atoms in total. The highest BCUT2D eigenvalue weighted by molar-refractivity contribution is 7.97. The first kappa shape index (κ1) is 14.1. The van der Waals surface area contributed by atoms with Gasteiger partial charge in [0.15, 0.2) is 6.29 Å². The van der Waals surface area contributed by atoms with Gasteiger partial charge in [-0.05, 0) is 18.2 Å². The predicted octanol–water partition coefficient (Wildman–Crippen LogP) is 3.94. The molecule has 2 rings (SSSR count). The summed E-state index contributed by atoms with van der Waals surface area (Å²) in [5, 5.41) is -0.0365. The third-order valence-corrected chi connectivity index (χ3v) is 3.60. The van der Waals surface area contributed by atoms with E-state index < -0.39 is 5.12 Å². The van der Waals surface area contributed by atoms with Crippen LogP contribution in [0.2, 0.25) is 10.0 Å². The number of nitrogens with zero attached hydrogens (tertiary/aromatic N) is 1. The van der Waals surface area contributed by atoms with Crippen LogP contribution in [-0.4, -0.2) is 16.4 Å². The second-order valence-corrected chi connectivity index (χ2v) is 4.84. The summed E-state index contributed by atoms with van der Waals surface area (Å²) in [6.45, 7) is 0. The van der Waals surface area contributed by atoms with Crippen molar-refractivity contribution in [3.63, 3.8) is 0 Å². The van der Waals surface area contributed by atoms with Crippen LogP contribution >= 0.6 is 35.8 Å². The maximum Gasteiger partial charge on any atom is 0.218 e. The average molecular weight is 312 g/mol. The van der Waals surface area contributed by atoms with Gasteiger partial charge >= 0.3 is 0 Å². The maximum atomic E-state index is 11.5. The van der Waals surface area contributed by atoms with Gasteiger partial charge in [0.2, 0.25) is 5.12 Å². The summed E-state index contributed by atoms with van der Waals surface area (Å²) in [6, 6.07) is 6.34. The molecule has 0 atom stereocenters. The summed E-state index contributed by atoms with van der Waals surface area (Å²) >= 11 is 15.6. The lowest BCUT2D eigenvalue weighted by atomic mass is 10.0. The van der Waals surface area contributed by atoms with Gasteiger partial charge in [-0.15, -0.1) is 12.6 Å². The lowest BCUT2D eigenvalue weighted by Gasteiger charge is -2.10. The van der Waals surface area contributed by atoms with Crippen molar-refractivity contribution < 1.29 is 9.59 Å². The van der Waals surface area contributed by atoms with E-state index in [0.29, 0.717) is 23.1 Å². The van der Waals surface area contributed by atoms with E-state index in [1.807, 2.05) is 0 Å². The standard InChI is InChI=1S/C13H7Cl2NO2S/c14-10-4-3-7(9(6-17)11(10)15)12-8(13(18)19)2-1-5-16-12/h1-6H,(H,18,19). The monoisotopic (exact) mass is 311 g/mol. The zero-order chi connectivity index (χ0) is 14.0. The van der Waals surface area contributed by atoms with E-state index in [4.69, 9.17) is 23.2 Å². The summed E-state index contributed by atoms with van der Waals surface area (Å²) in [5.74, 6) is 0. The van der Waals surface area contributed by atoms with Gasteiger partial charge in [0.25, 0.3) is 0 Å². The summed E-state index contributed by atoms with van der Waals surface area (Å²) < 4.78 is 0. The molecule has 0 bridgehead atoms. The molecule has 2 aromatic rings. The zero-order valence-electron chi connectivity index (χ0n) is 9.43. The highest BCUT2D eigenvalue weighted by atomic mass is 35.5. The van der Waals surface area contributed by atoms with Crippen molar-refractivity contribution in [1.82, 2.24) is 4.98 Å². The van der Waals surface area contributed by atoms with Crippen LogP contribution in [0.5, 0.6) is 0 Å². The molecule has 1 aromatic heterocycles. The van der Waals surface area contributed by atoms with E-state index in [0.717, 1.165) is 0 Å². The molecule has 0 fully saturated rings. The molecule has 0 saturated heterocycles. The number of hydrogen-bond donors (Lipinski definition) is 1. The van der Waals surface area contributed by atoms with Gasteiger partial charge in [-0.25, -0.2) is 0 Å². The minimum atomic E-state index is -0.439. The van der Waals surface area contributed by atoms with Crippen LogP contribution in [0, 0.1) is 0 Å². The summed E-state index contributed by atoms with van der Waals surface area (Å²) in [7, 11) is 0. The molecule has 0 saturated carbocycles. The Bertz CT molecular complexity index is 674. The van der Waals surface area contributed by atoms with Gasteiger partial charge in [-0.3, -0.25) is 14.6 Å². The van der Waals surface area contributed by atoms with E-state index in [1.54, 1.807) is 24.3 Å². The van der Waals surface area contributed by atoms with Gasteiger partial charge in [0, 0.05) is 17.3 Å². The quantitative estimate of drug-likeness (QED) is 0.690. The number of aromatic nitrogens is 1. The molecule has 0 N–H and O–H groups in total. The highest BCUT2D eigenvalue weighted by Crippen LogP contribution is 2.33. The Kier molecular flexibility index (Phi) is 4.24. The number of rotatable bonds is 3. The number of aldehydes is 1. The lowest BCUT2D eigenvalue weighted by molar-refractivity contribution is 0.108. The van der Waals surface area contributed by atoms with Crippen LogP contribution in [0.3, 0.4) is 0 Å². The van der Waals surface area contributed by atoms with Gasteiger partial charge in [-0.1, -0.05) is 29.3 Å². The molecule has 0 aliphatic rings. The average Bonchev–Trinajstić information content (AvgIpc) is 2.41. The first-order chi connectivity index (χ1) is 9.06. The number of benzene rings is 1. The van der Waals surface area contributed by atoms with Crippen molar-refractivity contribution in [2.75, 3.05) is 0 Å². The summed E-state index contributed by atoms with van der Waals surface area (Å²) in [4.78, 5) is 26.8. The topological polar surface area (TPSA) is 47.0 Å². The number of halogens is 2. The van der Waals surface area contributed by atoms with Crippen molar-refractivity contribution in [3.05, 3.63) is 51.6 Å². The molecule has 0 unspecified atom stereocenters. The molecule has 0 spiro atoms. The Balaban J connectivity index is 2.76. The second-order valence-electron chi connectivity index (χ2n) is 3.65. The van der Waals surface area contributed by atoms with E-state index >= 15 is 0 Å². The summed E-state index contributed by atoms with van der Waals surface area (Å²) in [5.41, 5.74) is 1.29. The minimum absolute atomic E-state index is 0.136. The molecule has 0 aliphatic carbocycles. The smallest absolute Gasteiger partial charge is 0.218 e. The van der Waals surface area contributed by atoms with Crippen LogP contribution in [0.1, 0.15) is 20.7 Å². The van der Waals surface area contributed by atoms with Crippen molar-refractivity contribution in [2.24, 2.45) is 0 Å². The largest absolute Gasteiger partial charge is 0.298 e. The summed E-state index contributed by atoms with van der Waals surface area (Å²) in [6.07, 6.45) is 2.11. The van der Waals surface area contributed by atoms with Crippen molar-refractivity contribution in [1.29, 1.82) is 0 Å². The molecule has 1 aromatic carbocycles. The fraction of sp³-hybridized carbons (Fsp3) is 0. The van der Waals surface area contributed by atoms with Crippen molar-refractivity contribution in [2.45, 2.75) is 0 Å². The molecular formula is C13H7Cl2NO2S. The third-order valence-electron chi connectivity index (χ3n) is 2.54. The van der Waals surface area contributed by atoms with Gasteiger partial charge in [0.1, 0.15) is 0 Å². The molecule has 0 aliphatic heterocycles. The highest BCUT2D eigenvalue weighted by Gasteiger charge is 2.17. The van der Waals surface area contributed by atoms with E-state index in [-0.39, 0.29) is 15.6 Å². The first-order valence-electron chi connectivity index (χ1n) is 5.18. The van der Waals surface area contributed by atoms with Crippen LogP contribution in [-0.2, 0) is 0 Å². The van der Waals surface area contributed by atoms with Gasteiger partial charge in [0.05, 0.1) is 21.3 Å². The second kappa shape index (κ2) is 5.74.